The molecule has 1 amide bonds. The molecule has 0 fully saturated rings. The van der Waals surface area contributed by atoms with Gasteiger partial charge >= 0.3 is 0 Å². The molecule has 0 aliphatic carbocycles. The number of hydrogen-bond donors (Lipinski definition) is 2. The molecular weight excluding hydrogens is 267 g/mol. The van der Waals surface area contributed by atoms with Crippen molar-refractivity contribution in [3.05, 3.63) is 65.5 Å². The van der Waals surface area contributed by atoms with Gasteiger partial charge in [0.25, 0.3) is 0 Å². The monoisotopic (exact) mass is 286 g/mol. The minimum absolute atomic E-state index is 0.0331. The maximum atomic E-state index is 12.9. The molecule has 3 nitrogen and oxygen atoms in total. The van der Waals surface area contributed by atoms with E-state index in [9.17, 15) is 9.18 Å². The van der Waals surface area contributed by atoms with E-state index in [1.165, 1.54) is 12.1 Å². The van der Waals surface area contributed by atoms with Gasteiger partial charge in [-0.3, -0.25) is 4.79 Å². The van der Waals surface area contributed by atoms with Crippen molar-refractivity contribution in [2.24, 2.45) is 0 Å². The van der Waals surface area contributed by atoms with Gasteiger partial charge in [0.05, 0.1) is 6.04 Å². The van der Waals surface area contributed by atoms with Crippen LogP contribution < -0.4 is 11.1 Å². The molecule has 1 unspecified atom stereocenters. The van der Waals surface area contributed by atoms with Crippen LogP contribution in [0.4, 0.5) is 10.1 Å². The van der Waals surface area contributed by atoms with Gasteiger partial charge in [0.15, 0.2) is 0 Å². The molecule has 1 atom stereocenters. The van der Waals surface area contributed by atoms with Crippen molar-refractivity contribution < 1.29 is 9.18 Å². The molecule has 0 saturated heterocycles. The number of rotatable bonds is 5. The molecule has 0 bridgehead atoms. The Kier molecular flexibility index (Phi) is 4.93. The van der Waals surface area contributed by atoms with Crippen molar-refractivity contribution in [1.29, 1.82) is 0 Å². The van der Waals surface area contributed by atoms with Gasteiger partial charge in [0.1, 0.15) is 5.82 Å². The van der Waals surface area contributed by atoms with Crippen LogP contribution >= 0.6 is 0 Å². The van der Waals surface area contributed by atoms with Crippen molar-refractivity contribution in [1.82, 2.24) is 5.32 Å². The number of benzene rings is 2. The lowest BCUT2D eigenvalue weighted by Gasteiger charge is -2.14. The van der Waals surface area contributed by atoms with E-state index in [-0.39, 0.29) is 17.8 Å². The molecule has 0 aromatic heterocycles. The Labute approximate surface area is 124 Å². The summed E-state index contributed by atoms with van der Waals surface area (Å²) in [5.41, 5.74) is 8.33. The summed E-state index contributed by atoms with van der Waals surface area (Å²) in [6, 6.07) is 13.5. The molecule has 21 heavy (non-hydrogen) atoms. The minimum Gasteiger partial charge on any atom is -0.399 e. The van der Waals surface area contributed by atoms with Crippen molar-refractivity contribution in [2.75, 3.05) is 5.73 Å². The predicted molar refractivity (Wildman–Crippen MR) is 82.1 cm³/mol. The third kappa shape index (κ3) is 4.60. The van der Waals surface area contributed by atoms with Crippen LogP contribution in [-0.2, 0) is 11.2 Å². The second-order valence-corrected chi connectivity index (χ2v) is 5.09. The van der Waals surface area contributed by atoms with Gasteiger partial charge < -0.3 is 11.1 Å². The van der Waals surface area contributed by atoms with Crippen LogP contribution in [0.1, 0.15) is 30.5 Å². The van der Waals surface area contributed by atoms with Crippen molar-refractivity contribution in [3.8, 4) is 0 Å². The fourth-order valence-corrected chi connectivity index (χ4v) is 2.15. The number of aryl methyl sites for hydroxylation is 1. The second-order valence-electron chi connectivity index (χ2n) is 5.09. The number of nitrogen functional groups attached to an aromatic ring is 1. The minimum atomic E-state index is -0.279. The highest BCUT2D eigenvalue weighted by molar-refractivity contribution is 5.76. The number of halogens is 1. The number of anilines is 1. The molecule has 4 heteroatoms. The summed E-state index contributed by atoms with van der Waals surface area (Å²) in [5.74, 6) is -0.312. The van der Waals surface area contributed by atoms with Crippen LogP contribution in [0.3, 0.4) is 0 Å². The zero-order chi connectivity index (χ0) is 15.2. The molecule has 0 saturated carbocycles. The van der Waals surface area contributed by atoms with E-state index < -0.39 is 0 Å². The topological polar surface area (TPSA) is 55.1 Å². The van der Waals surface area contributed by atoms with Crippen molar-refractivity contribution in [3.63, 3.8) is 0 Å². The highest BCUT2D eigenvalue weighted by Gasteiger charge is 2.09. The van der Waals surface area contributed by atoms with Gasteiger partial charge in [-0.25, -0.2) is 4.39 Å². The summed E-state index contributed by atoms with van der Waals surface area (Å²) >= 11 is 0. The predicted octanol–water partition coefficient (Wildman–Crippen LogP) is 3.22. The van der Waals surface area contributed by atoms with Gasteiger partial charge in [0.2, 0.25) is 5.91 Å². The lowest BCUT2D eigenvalue weighted by Crippen LogP contribution is -2.26. The Balaban J connectivity index is 1.85. The Bertz CT molecular complexity index is 610. The van der Waals surface area contributed by atoms with Gasteiger partial charge in [0, 0.05) is 12.1 Å². The highest BCUT2D eigenvalue weighted by Crippen LogP contribution is 2.14. The summed E-state index contributed by atoms with van der Waals surface area (Å²) < 4.78 is 12.9. The maximum Gasteiger partial charge on any atom is 0.220 e. The third-order valence-electron chi connectivity index (χ3n) is 3.34. The van der Waals surface area contributed by atoms with Crippen LogP contribution in [0.25, 0.3) is 0 Å². The van der Waals surface area contributed by atoms with Crippen LogP contribution in [0.2, 0.25) is 0 Å². The Morgan fingerprint density at radius 3 is 2.62 bits per heavy atom. The smallest absolute Gasteiger partial charge is 0.220 e. The first-order valence-electron chi connectivity index (χ1n) is 6.94. The molecule has 0 heterocycles. The summed E-state index contributed by atoms with van der Waals surface area (Å²) in [5, 5.41) is 2.91. The number of nitrogens with one attached hydrogen (secondary N) is 1. The number of amides is 1. The SMILES string of the molecule is CC(NC(=O)CCc1cccc(N)c1)c1ccc(F)cc1. The molecule has 0 radical (unpaired) electrons. The summed E-state index contributed by atoms with van der Waals surface area (Å²) in [7, 11) is 0. The van der Waals surface area contributed by atoms with E-state index >= 15 is 0 Å². The largest absolute Gasteiger partial charge is 0.399 e. The molecule has 2 rings (SSSR count). The number of nitrogens with two attached hydrogens (primary N) is 1. The zero-order valence-corrected chi connectivity index (χ0v) is 12.0. The number of carbonyl (C=O) groups excluding carboxylic acids is 1. The molecule has 110 valence electrons. The fourth-order valence-electron chi connectivity index (χ4n) is 2.15. The zero-order valence-electron chi connectivity index (χ0n) is 12.0. The van der Waals surface area contributed by atoms with Gasteiger partial charge in [-0.05, 0) is 48.7 Å². The van der Waals surface area contributed by atoms with E-state index in [1.54, 1.807) is 12.1 Å². The van der Waals surface area contributed by atoms with E-state index in [2.05, 4.69) is 5.32 Å². The molecule has 2 aromatic rings. The van der Waals surface area contributed by atoms with Gasteiger partial charge in [-0.1, -0.05) is 24.3 Å². The van der Waals surface area contributed by atoms with Crippen LogP contribution in [0.15, 0.2) is 48.5 Å². The summed E-state index contributed by atoms with van der Waals surface area (Å²) in [4.78, 5) is 11.9. The average molecular weight is 286 g/mol. The molecule has 3 N–H and O–H groups in total. The Hall–Kier alpha value is -2.36. The second kappa shape index (κ2) is 6.88. The normalized spacial score (nSPS) is 11.9. The molecular formula is C17H19FN2O. The first-order valence-corrected chi connectivity index (χ1v) is 6.94. The molecule has 2 aromatic carbocycles. The van der Waals surface area contributed by atoms with E-state index in [0.29, 0.717) is 18.5 Å². The van der Waals surface area contributed by atoms with E-state index in [0.717, 1.165) is 11.1 Å². The van der Waals surface area contributed by atoms with Crippen molar-refractivity contribution in [2.45, 2.75) is 25.8 Å². The Morgan fingerprint density at radius 1 is 1.24 bits per heavy atom. The third-order valence-corrected chi connectivity index (χ3v) is 3.34. The lowest BCUT2D eigenvalue weighted by atomic mass is 10.1. The van der Waals surface area contributed by atoms with E-state index in [1.807, 2.05) is 31.2 Å². The number of carbonyl (C=O) groups is 1. The van der Waals surface area contributed by atoms with Gasteiger partial charge in [-0.2, -0.15) is 0 Å². The summed E-state index contributed by atoms with van der Waals surface area (Å²) in [6.45, 7) is 1.88. The van der Waals surface area contributed by atoms with Crippen LogP contribution in [-0.4, -0.2) is 5.91 Å². The first-order chi connectivity index (χ1) is 10.0. The number of hydrogen-bond acceptors (Lipinski definition) is 2. The quantitative estimate of drug-likeness (QED) is 0.829. The lowest BCUT2D eigenvalue weighted by molar-refractivity contribution is -0.121. The van der Waals surface area contributed by atoms with Crippen molar-refractivity contribution >= 4 is 11.6 Å². The standard InChI is InChI=1S/C17H19FN2O/c1-12(14-6-8-15(18)9-7-14)20-17(21)10-5-13-3-2-4-16(19)11-13/h2-4,6-9,11-12H,5,10,19H2,1H3,(H,20,21). The van der Waals surface area contributed by atoms with Crippen LogP contribution in [0, 0.1) is 5.82 Å². The highest BCUT2D eigenvalue weighted by atomic mass is 19.1. The first kappa shape index (κ1) is 15.0. The van der Waals surface area contributed by atoms with Gasteiger partial charge in [-0.15, -0.1) is 0 Å². The van der Waals surface area contributed by atoms with Crippen LogP contribution in [0.5, 0.6) is 0 Å². The molecule has 0 aliphatic rings. The maximum absolute atomic E-state index is 12.9. The van der Waals surface area contributed by atoms with E-state index in [4.69, 9.17) is 5.73 Å². The molecule has 0 spiro atoms. The average Bonchev–Trinajstić information content (AvgIpc) is 2.46. The summed E-state index contributed by atoms with van der Waals surface area (Å²) in [6.07, 6.45) is 1.04. The molecule has 0 aliphatic heterocycles. The Morgan fingerprint density at radius 2 is 1.95 bits per heavy atom. The fraction of sp³-hybridized carbons (Fsp3) is 0.235.